The molecule has 1 aliphatic carbocycles. The van der Waals surface area contributed by atoms with Crippen LogP contribution in [0.5, 0.6) is 0 Å². The Morgan fingerprint density at radius 1 is 1.42 bits per heavy atom. The van der Waals surface area contributed by atoms with Crippen LogP contribution in [0.3, 0.4) is 0 Å². The molecule has 12 heavy (non-hydrogen) atoms. The van der Waals surface area contributed by atoms with E-state index in [1.54, 1.807) is 0 Å². The Labute approximate surface area is 68.6 Å². The lowest BCUT2D eigenvalue weighted by Gasteiger charge is -2.12. The van der Waals surface area contributed by atoms with Crippen molar-refractivity contribution in [3.8, 4) is 0 Å². The van der Waals surface area contributed by atoms with Crippen LogP contribution in [-0.2, 0) is 4.79 Å². The predicted octanol–water partition coefficient (Wildman–Crippen LogP) is -1.52. The third kappa shape index (κ3) is 1.63. The molecule has 0 aromatic heterocycles. The lowest BCUT2D eigenvalue weighted by atomic mass is 10.1. The van der Waals surface area contributed by atoms with Crippen molar-refractivity contribution in [2.24, 2.45) is 0 Å². The maximum Gasteiger partial charge on any atom is 0.307 e. The van der Waals surface area contributed by atoms with Crippen molar-refractivity contribution in [3.05, 3.63) is 11.6 Å². The zero-order valence-corrected chi connectivity index (χ0v) is 6.21. The van der Waals surface area contributed by atoms with E-state index in [9.17, 15) is 4.79 Å². The molecule has 68 valence electrons. The Morgan fingerprint density at radius 3 is 2.33 bits per heavy atom. The molecule has 0 aliphatic heterocycles. The standard InChI is InChI=1S/C7H10O5/c8-4-1-3(2-5(9)10)6(11)7(4)12/h1,4,6-8,11-12H,2H2,(H,9,10)/t4-,6-,7-/m0/s1. The molecule has 0 aromatic carbocycles. The third-order valence-corrected chi connectivity index (χ3v) is 1.79. The number of aliphatic carboxylic acids is 1. The van der Waals surface area contributed by atoms with E-state index in [4.69, 9.17) is 20.4 Å². The monoisotopic (exact) mass is 174 g/mol. The second kappa shape index (κ2) is 3.22. The van der Waals surface area contributed by atoms with Gasteiger partial charge in [0.05, 0.1) is 6.42 Å². The molecule has 1 rings (SSSR count). The topological polar surface area (TPSA) is 98.0 Å². The van der Waals surface area contributed by atoms with Crippen molar-refractivity contribution in [3.63, 3.8) is 0 Å². The van der Waals surface area contributed by atoms with Crippen molar-refractivity contribution >= 4 is 5.97 Å². The third-order valence-electron chi connectivity index (χ3n) is 1.79. The molecular formula is C7H10O5. The molecule has 0 amide bonds. The minimum Gasteiger partial charge on any atom is -0.481 e. The predicted molar refractivity (Wildman–Crippen MR) is 38.4 cm³/mol. The Kier molecular flexibility index (Phi) is 2.46. The fraction of sp³-hybridized carbons (Fsp3) is 0.571. The molecule has 1 aliphatic rings. The molecule has 0 heterocycles. The number of rotatable bonds is 2. The maximum atomic E-state index is 10.2. The average molecular weight is 174 g/mol. The number of carboxylic acids is 1. The summed E-state index contributed by atoms with van der Waals surface area (Å²) in [5.74, 6) is -1.10. The lowest BCUT2D eigenvalue weighted by Crippen LogP contribution is -2.31. The minimum absolute atomic E-state index is 0.155. The van der Waals surface area contributed by atoms with Gasteiger partial charge in [-0.2, -0.15) is 0 Å². The number of aliphatic hydroxyl groups is 3. The fourth-order valence-electron chi connectivity index (χ4n) is 1.16. The van der Waals surface area contributed by atoms with E-state index < -0.39 is 24.3 Å². The van der Waals surface area contributed by atoms with Crippen LogP contribution in [0.4, 0.5) is 0 Å². The van der Waals surface area contributed by atoms with Gasteiger partial charge in [0.15, 0.2) is 0 Å². The molecule has 0 bridgehead atoms. The molecule has 0 saturated heterocycles. The summed E-state index contributed by atoms with van der Waals surface area (Å²) >= 11 is 0. The van der Waals surface area contributed by atoms with E-state index >= 15 is 0 Å². The van der Waals surface area contributed by atoms with Gasteiger partial charge in [-0.15, -0.1) is 0 Å². The Morgan fingerprint density at radius 2 is 2.00 bits per heavy atom. The van der Waals surface area contributed by atoms with Crippen molar-refractivity contribution < 1.29 is 25.2 Å². The molecule has 0 spiro atoms. The summed E-state index contributed by atoms with van der Waals surface area (Å²) in [4.78, 5) is 10.2. The Hall–Kier alpha value is -0.910. The summed E-state index contributed by atoms with van der Waals surface area (Å²) in [5, 5.41) is 35.5. The fourth-order valence-corrected chi connectivity index (χ4v) is 1.16. The van der Waals surface area contributed by atoms with Gasteiger partial charge in [-0.25, -0.2) is 0 Å². The highest BCUT2D eigenvalue weighted by Crippen LogP contribution is 2.22. The van der Waals surface area contributed by atoms with Crippen molar-refractivity contribution in [1.82, 2.24) is 0 Å². The smallest absolute Gasteiger partial charge is 0.307 e. The summed E-state index contributed by atoms with van der Waals surface area (Å²) in [6, 6.07) is 0. The highest BCUT2D eigenvalue weighted by Gasteiger charge is 2.33. The van der Waals surface area contributed by atoms with Crippen molar-refractivity contribution in [2.45, 2.75) is 24.7 Å². The maximum absolute atomic E-state index is 10.2. The molecule has 0 radical (unpaired) electrons. The average Bonchev–Trinajstić information content (AvgIpc) is 2.17. The van der Waals surface area contributed by atoms with Crippen LogP contribution in [0.15, 0.2) is 11.6 Å². The van der Waals surface area contributed by atoms with Crippen molar-refractivity contribution in [2.75, 3.05) is 0 Å². The zero-order valence-electron chi connectivity index (χ0n) is 6.21. The van der Waals surface area contributed by atoms with Gasteiger partial charge in [-0.3, -0.25) is 4.79 Å². The van der Waals surface area contributed by atoms with Crippen LogP contribution in [0.2, 0.25) is 0 Å². The molecule has 0 fully saturated rings. The van der Waals surface area contributed by atoms with E-state index in [1.807, 2.05) is 0 Å². The minimum atomic E-state index is -1.29. The largest absolute Gasteiger partial charge is 0.481 e. The molecule has 3 atom stereocenters. The molecule has 5 heteroatoms. The molecule has 4 N–H and O–H groups in total. The van der Waals surface area contributed by atoms with Crippen LogP contribution in [0.25, 0.3) is 0 Å². The molecule has 0 aromatic rings. The summed E-state index contributed by atoms with van der Waals surface area (Å²) < 4.78 is 0. The first-order valence-corrected chi connectivity index (χ1v) is 3.49. The van der Waals surface area contributed by atoms with Gasteiger partial charge in [-0.05, 0) is 5.57 Å². The van der Waals surface area contributed by atoms with E-state index in [2.05, 4.69) is 0 Å². The number of aliphatic hydroxyl groups excluding tert-OH is 3. The molecule has 0 saturated carbocycles. The normalized spacial score (nSPS) is 34.9. The first kappa shape index (κ1) is 9.18. The van der Waals surface area contributed by atoms with Gasteiger partial charge in [-0.1, -0.05) is 6.08 Å². The highest BCUT2D eigenvalue weighted by molar-refractivity contribution is 5.70. The Bertz CT molecular complexity index is 222. The van der Waals surface area contributed by atoms with Gasteiger partial charge in [0.1, 0.15) is 18.3 Å². The summed E-state index contributed by atoms with van der Waals surface area (Å²) in [5.41, 5.74) is 0.155. The van der Waals surface area contributed by atoms with Crippen molar-refractivity contribution in [1.29, 1.82) is 0 Å². The SMILES string of the molecule is O=C(O)CC1=C[C@H](O)[C@H](O)[C@H]1O. The van der Waals surface area contributed by atoms with Crippen LogP contribution in [0.1, 0.15) is 6.42 Å². The van der Waals surface area contributed by atoms with Crippen LogP contribution < -0.4 is 0 Å². The van der Waals surface area contributed by atoms with Crippen LogP contribution >= 0.6 is 0 Å². The zero-order chi connectivity index (χ0) is 9.30. The molecule has 5 nitrogen and oxygen atoms in total. The van der Waals surface area contributed by atoms with Gasteiger partial charge < -0.3 is 20.4 Å². The van der Waals surface area contributed by atoms with Gasteiger partial charge in [0.25, 0.3) is 0 Å². The second-order valence-electron chi connectivity index (χ2n) is 2.74. The van der Waals surface area contributed by atoms with Crippen LogP contribution in [0, 0.1) is 0 Å². The number of hydrogen-bond donors (Lipinski definition) is 4. The van der Waals surface area contributed by atoms with Gasteiger partial charge >= 0.3 is 5.97 Å². The number of hydrogen-bond acceptors (Lipinski definition) is 4. The first-order chi connectivity index (χ1) is 5.52. The summed E-state index contributed by atoms with van der Waals surface area (Å²) in [6.07, 6.45) is -2.89. The summed E-state index contributed by atoms with van der Waals surface area (Å²) in [6.45, 7) is 0. The number of carboxylic acid groups (broad SMARTS) is 1. The second-order valence-corrected chi connectivity index (χ2v) is 2.74. The summed E-state index contributed by atoms with van der Waals surface area (Å²) in [7, 11) is 0. The van der Waals surface area contributed by atoms with Gasteiger partial charge in [0, 0.05) is 0 Å². The van der Waals surface area contributed by atoms with E-state index in [-0.39, 0.29) is 12.0 Å². The highest BCUT2D eigenvalue weighted by atomic mass is 16.4. The Balaban J connectivity index is 2.66. The lowest BCUT2D eigenvalue weighted by molar-refractivity contribution is -0.136. The van der Waals surface area contributed by atoms with Gasteiger partial charge in [0.2, 0.25) is 0 Å². The van der Waals surface area contributed by atoms with Crippen LogP contribution in [-0.4, -0.2) is 44.7 Å². The van der Waals surface area contributed by atoms with E-state index in [1.165, 1.54) is 6.08 Å². The van der Waals surface area contributed by atoms with E-state index in [0.717, 1.165) is 0 Å². The molecule has 0 unspecified atom stereocenters. The van der Waals surface area contributed by atoms with E-state index in [0.29, 0.717) is 0 Å². The molecular weight excluding hydrogens is 164 g/mol. The first-order valence-electron chi connectivity index (χ1n) is 3.49. The quantitative estimate of drug-likeness (QED) is 0.381. The number of carbonyl (C=O) groups is 1.